The molecule has 0 fully saturated rings. The van der Waals surface area contributed by atoms with E-state index in [0.717, 1.165) is 18.7 Å². The molecule has 0 amide bonds. The topological polar surface area (TPSA) is 53.4 Å². The number of aromatic carboxylic acids is 1. The first-order valence-electron chi connectivity index (χ1n) is 6.00. The maximum Gasteiger partial charge on any atom is 0.354 e. The lowest BCUT2D eigenvalue weighted by molar-refractivity contribution is 0.0690. The number of carbonyl (C=O) groups is 1. The summed E-state index contributed by atoms with van der Waals surface area (Å²) in [5.74, 6) is -0.972. The van der Waals surface area contributed by atoms with Gasteiger partial charge in [0.2, 0.25) is 0 Å². The van der Waals surface area contributed by atoms with Crippen LogP contribution in [0.15, 0.2) is 18.3 Å². The van der Waals surface area contributed by atoms with Crippen LogP contribution in [0.4, 0.5) is 0 Å². The molecule has 94 valence electrons. The van der Waals surface area contributed by atoms with Gasteiger partial charge in [-0.15, -0.1) is 0 Å². The maximum atomic E-state index is 10.8. The van der Waals surface area contributed by atoms with E-state index in [1.54, 1.807) is 12.3 Å². The molecule has 0 saturated heterocycles. The number of hydrogen-bond acceptors (Lipinski definition) is 3. The fraction of sp³-hybridized carbons (Fsp3) is 0.538. The average Bonchev–Trinajstić information content (AvgIpc) is 2.29. The van der Waals surface area contributed by atoms with E-state index < -0.39 is 5.97 Å². The minimum atomic E-state index is -0.972. The Morgan fingerprint density at radius 2 is 2.24 bits per heavy atom. The van der Waals surface area contributed by atoms with Gasteiger partial charge in [0.1, 0.15) is 5.69 Å². The van der Waals surface area contributed by atoms with E-state index in [2.05, 4.69) is 23.9 Å². The van der Waals surface area contributed by atoms with Gasteiger partial charge in [0, 0.05) is 12.7 Å². The van der Waals surface area contributed by atoms with Gasteiger partial charge in [-0.05, 0) is 37.7 Å². The van der Waals surface area contributed by atoms with E-state index in [4.69, 9.17) is 5.11 Å². The highest BCUT2D eigenvalue weighted by molar-refractivity contribution is 5.85. The van der Waals surface area contributed by atoms with Crippen molar-refractivity contribution in [3.8, 4) is 0 Å². The predicted octanol–water partition coefficient (Wildman–Crippen LogP) is 2.40. The standard InChI is InChI=1S/C13H20N2O2/c1-3-4-5-8-15(2)10-11-6-7-14-12(9-11)13(16)17/h6-7,9H,3-5,8,10H2,1-2H3,(H,16,17). The highest BCUT2D eigenvalue weighted by Gasteiger charge is 2.06. The highest BCUT2D eigenvalue weighted by Crippen LogP contribution is 2.06. The molecule has 1 aromatic heterocycles. The summed E-state index contributed by atoms with van der Waals surface area (Å²) in [5, 5.41) is 8.84. The van der Waals surface area contributed by atoms with Crippen LogP contribution >= 0.6 is 0 Å². The Balaban J connectivity index is 2.50. The van der Waals surface area contributed by atoms with Crippen molar-refractivity contribution in [3.05, 3.63) is 29.6 Å². The fourth-order valence-electron chi connectivity index (χ4n) is 1.71. The summed E-state index contributed by atoms with van der Waals surface area (Å²) in [5.41, 5.74) is 1.11. The van der Waals surface area contributed by atoms with Gasteiger partial charge in [0.25, 0.3) is 0 Å². The summed E-state index contributed by atoms with van der Waals surface area (Å²) in [6, 6.07) is 3.50. The third-order valence-electron chi connectivity index (χ3n) is 2.64. The Kier molecular flexibility index (Phi) is 5.63. The largest absolute Gasteiger partial charge is 0.477 e. The molecule has 1 N–H and O–H groups in total. The van der Waals surface area contributed by atoms with Crippen molar-refractivity contribution in [2.24, 2.45) is 0 Å². The smallest absolute Gasteiger partial charge is 0.354 e. The Bertz CT molecular complexity index is 366. The Morgan fingerprint density at radius 3 is 2.88 bits per heavy atom. The molecule has 1 rings (SSSR count). The van der Waals surface area contributed by atoms with Gasteiger partial charge in [0.05, 0.1) is 0 Å². The fourth-order valence-corrected chi connectivity index (χ4v) is 1.71. The third kappa shape index (κ3) is 4.95. The van der Waals surface area contributed by atoms with Gasteiger partial charge >= 0.3 is 5.97 Å². The van der Waals surface area contributed by atoms with E-state index in [-0.39, 0.29) is 5.69 Å². The number of carboxylic acids is 1. The maximum absolute atomic E-state index is 10.8. The molecule has 0 aliphatic carbocycles. The molecule has 1 heterocycles. The lowest BCUT2D eigenvalue weighted by Crippen LogP contribution is -2.19. The molecular formula is C13H20N2O2. The molecule has 0 saturated carbocycles. The Morgan fingerprint density at radius 1 is 1.47 bits per heavy atom. The monoisotopic (exact) mass is 236 g/mol. The van der Waals surface area contributed by atoms with Gasteiger partial charge < -0.3 is 10.0 Å². The molecule has 17 heavy (non-hydrogen) atoms. The minimum absolute atomic E-state index is 0.115. The first-order chi connectivity index (χ1) is 8.13. The SMILES string of the molecule is CCCCCN(C)Cc1ccnc(C(=O)O)c1. The highest BCUT2D eigenvalue weighted by atomic mass is 16.4. The van der Waals surface area contributed by atoms with E-state index in [9.17, 15) is 4.79 Å². The number of aromatic nitrogens is 1. The van der Waals surface area contributed by atoms with Crippen LogP contribution in [0.1, 0.15) is 42.2 Å². The number of carboxylic acid groups (broad SMARTS) is 1. The van der Waals surface area contributed by atoms with Crippen LogP contribution in [0.3, 0.4) is 0 Å². The van der Waals surface area contributed by atoms with Crippen LogP contribution < -0.4 is 0 Å². The van der Waals surface area contributed by atoms with Gasteiger partial charge in [-0.25, -0.2) is 9.78 Å². The van der Waals surface area contributed by atoms with Crippen molar-refractivity contribution in [2.45, 2.75) is 32.7 Å². The summed E-state index contributed by atoms with van der Waals surface area (Å²) >= 11 is 0. The lowest BCUT2D eigenvalue weighted by Gasteiger charge is -2.16. The molecule has 0 bridgehead atoms. The van der Waals surface area contributed by atoms with Crippen LogP contribution in [0.25, 0.3) is 0 Å². The first kappa shape index (κ1) is 13.6. The first-order valence-corrected chi connectivity index (χ1v) is 6.00. The molecule has 0 atom stereocenters. The molecule has 0 aliphatic rings. The number of unbranched alkanes of at least 4 members (excludes halogenated alkanes) is 2. The van der Waals surface area contributed by atoms with Crippen LogP contribution in [-0.4, -0.2) is 34.6 Å². The number of nitrogens with zero attached hydrogens (tertiary/aromatic N) is 2. The van der Waals surface area contributed by atoms with Crippen LogP contribution in [0.2, 0.25) is 0 Å². The number of pyridine rings is 1. The molecule has 0 aliphatic heterocycles. The van der Waals surface area contributed by atoms with E-state index in [1.165, 1.54) is 19.3 Å². The van der Waals surface area contributed by atoms with Crippen LogP contribution in [-0.2, 0) is 6.54 Å². The van der Waals surface area contributed by atoms with Gasteiger partial charge in [-0.1, -0.05) is 19.8 Å². The van der Waals surface area contributed by atoms with Gasteiger partial charge in [-0.2, -0.15) is 0 Å². The van der Waals surface area contributed by atoms with Gasteiger partial charge in [0.15, 0.2) is 0 Å². The van der Waals surface area contributed by atoms with Crippen molar-refractivity contribution >= 4 is 5.97 Å². The van der Waals surface area contributed by atoms with E-state index in [0.29, 0.717) is 0 Å². The van der Waals surface area contributed by atoms with Crippen molar-refractivity contribution < 1.29 is 9.90 Å². The number of rotatable bonds is 7. The number of hydrogen-bond donors (Lipinski definition) is 1. The second kappa shape index (κ2) is 7.01. The van der Waals surface area contributed by atoms with Crippen molar-refractivity contribution in [3.63, 3.8) is 0 Å². The molecular weight excluding hydrogens is 216 g/mol. The molecule has 0 radical (unpaired) electrons. The molecule has 0 spiro atoms. The molecule has 4 heteroatoms. The Labute approximate surface area is 102 Å². The van der Waals surface area contributed by atoms with Crippen LogP contribution in [0.5, 0.6) is 0 Å². The van der Waals surface area contributed by atoms with E-state index >= 15 is 0 Å². The summed E-state index contributed by atoms with van der Waals surface area (Å²) in [4.78, 5) is 16.8. The van der Waals surface area contributed by atoms with Crippen LogP contribution in [0, 0.1) is 0 Å². The summed E-state index contributed by atoms with van der Waals surface area (Å²) in [6.45, 7) is 3.99. The predicted molar refractivity (Wildman–Crippen MR) is 67.1 cm³/mol. The zero-order chi connectivity index (χ0) is 12.7. The minimum Gasteiger partial charge on any atom is -0.477 e. The summed E-state index contributed by atoms with van der Waals surface area (Å²) < 4.78 is 0. The normalized spacial score (nSPS) is 10.8. The average molecular weight is 236 g/mol. The second-order valence-corrected chi connectivity index (χ2v) is 4.30. The zero-order valence-corrected chi connectivity index (χ0v) is 10.5. The molecule has 0 aromatic carbocycles. The molecule has 0 unspecified atom stereocenters. The van der Waals surface area contributed by atoms with Crippen molar-refractivity contribution in [2.75, 3.05) is 13.6 Å². The molecule has 4 nitrogen and oxygen atoms in total. The van der Waals surface area contributed by atoms with Crippen molar-refractivity contribution in [1.29, 1.82) is 0 Å². The van der Waals surface area contributed by atoms with Gasteiger partial charge in [-0.3, -0.25) is 0 Å². The van der Waals surface area contributed by atoms with Crippen molar-refractivity contribution in [1.82, 2.24) is 9.88 Å². The zero-order valence-electron chi connectivity index (χ0n) is 10.5. The quantitative estimate of drug-likeness (QED) is 0.739. The van der Waals surface area contributed by atoms with E-state index in [1.807, 2.05) is 6.07 Å². The summed E-state index contributed by atoms with van der Waals surface area (Å²) in [7, 11) is 2.05. The second-order valence-electron chi connectivity index (χ2n) is 4.30. The molecule has 1 aromatic rings. The summed E-state index contributed by atoms with van der Waals surface area (Å²) in [6.07, 6.45) is 5.19. The third-order valence-corrected chi connectivity index (χ3v) is 2.64. The Hall–Kier alpha value is -1.42. The lowest BCUT2D eigenvalue weighted by atomic mass is 10.2.